The van der Waals surface area contributed by atoms with E-state index in [0.29, 0.717) is 22.6 Å². The predicted octanol–water partition coefficient (Wildman–Crippen LogP) is 2.43. The molecule has 1 aliphatic heterocycles. The first kappa shape index (κ1) is 16.8. The molecule has 5 rings (SSSR count). The Bertz CT molecular complexity index is 1380. The molecule has 0 spiro atoms. The quantitative estimate of drug-likeness (QED) is 0.531. The number of likely N-dealkylation sites (N-methyl/N-ethyl adjacent to an activating group) is 1. The van der Waals surface area contributed by atoms with Crippen LogP contribution in [0.4, 0.5) is 11.6 Å². The molecule has 0 saturated carbocycles. The molecule has 1 amide bonds. The van der Waals surface area contributed by atoms with E-state index in [9.17, 15) is 4.79 Å². The van der Waals surface area contributed by atoms with E-state index in [4.69, 9.17) is 4.11 Å². The van der Waals surface area contributed by atoms with E-state index < -0.39 is 6.98 Å². The van der Waals surface area contributed by atoms with Gasteiger partial charge in [-0.25, -0.2) is 9.97 Å². The minimum atomic E-state index is -2.35. The topological polar surface area (TPSA) is 92.1 Å². The lowest BCUT2D eigenvalue weighted by atomic mass is 10.1. The van der Waals surface area contributed by atoms with Gasteiger partial charge < -0.3 is 15.1 Å². The van der Waals surface area contributed by atoms with Crippen molar-refractivity contribution in [1.82, 2.24) is 29.6 Å². The molecule has 1 N–H and O–H groups in total. The van der Waals surface area contributed by atoms with Gasteiger partial charge in [-0.05, 0) is 36.7 Å². The highest BCUT2D eigenvalue weighted by atomic mass is 16.1. The van der Waals surface area contributed by atoms with Crippen molar-refractivity contribution in [2.75, 3.05) is 43.4 Å². The Labute approximate surface area is 189 Å². The van der Waals surface area contributed by atoms with Crippen LogP contribution in [0.25, 0.3) is 22.0 Å². The number of carbonyl (C=O) groups is 1. The van der Waals surface area contributed by atoms with Crippen LogP contribution in [-0.4, -0.2) is 68.8 Å². The molecule has 4 aromatic rings. The van der Waals surface area contributed by atoms with E-state index in [1.54, 1.807) is 36.8 Å². The lowest BCUT2D eigenvalue weighted by Gasteiger charge is -2.33. The Hall–Kier alpha value is -3.85. The summed E-state index contributed by atoms with van der Waals surface area (Å²) in [5, 5.41) is 8.36. The Morgan fingerprint density at radius 2 is 1.88 bits per heavy atom. The molecule has 9 heteroatoms. The van der Waals surface area contributed by atoms with E-state index in [0.717, 1.165) is 47.5 Å². The Kier molecular flexibility index (Phi) is 4.38. The second-order valence-electron chi connectivity index (χ2n) is 7.81. The number of nitrogens with zero attached hydrogens (tertiary/aromatic N) is 7. The summed E-state index contributed by atoms with van der Waals surface area (Å²) >= 11 is 0. The molecule has 0 aliphatic carbocycles. The molecule has 4 aromatic heterocycles. The van der Waals surface area contributed by atoms with Gasteiger partial charge >= 0.3 is 0 Å². The molecule has 0 aromatic carbocycles. The molecule has 1 aliphatic rings. The number of anilines is 2. The van der Waals surface area contributed by atoms with Gasteiger partial charge in [0.1, 0.15) is 11.6 Å². The van der Waals surface area contributed by atoms with Gasteiger partial charge in [0.05, 0.1) is 11.9 Å². The van der Waals surface area contributed by atoms with Crippen molar-refractivity contribution < 1.29 is 8.91 Å². The number of aromatic nitrogens is 5. The van der Waals surface area contributed by atoms with Gasteiger partial charge in [-0.15, -0.1) is 0 Å². The second-order valence-corrected chi connectivity index (χ2v) is 7.81. The van der Waals surface area contributed by atoms with Crippen LogP contribution in [0.1, 0.15) is 14.5 Å². The van der Waals surface area contributed by atoms with E-state index in [2.05, 4.69) is 42.2 Å². The molecule has 32 heavy (non-hydrogen) atoms. The third-order valence-corrected chi connectivity index (χ3v) is 5.56. The molecule has 0 unspecified atom stereocenters. The maximum Gasteiger partial charge on any atom is 0.257 e. The average Bonchev–Trinajstić information content (AvgIpc) is 3.35. The molecule has 9 nitrogen and oxygen atoms in total. The molecule has 5 heterocycles. The highest BCUT2D eigenvalue weighted by Gasteiger charge is 2.17. The van der Waals surface area contributed by atoms with Gasteiger partial charge in [0.2, 0.25) is 0 Å². The van der Waals surface area contributed by atoms with Crippen LogP contribution in [0.15, 0.2) is 55.2 Å². The van der Waals surface area contributed by atoms with Crippen molar-refractivity contribution in [2.24, 2.45) is 6.98 Å². The summed E-state index contributed by atoms with van der Waals surface area (Å²) in [6.45, 7) is 1.28. The molecular formula is C23H24N8O. The van der Waals surface area contributed by atoms with Gasteiger partial charge in [0.15, 0.2) is 0 Å². The fourth-order valence-electron chi connectivity index (χ4n) is 3.68. The number of pyridine rings is 3. The normalized spacial score (nSPS) is 16.4. The summed E-state index contributed by atoms with van der Waals surface area (Å²) in [5.74, 6) is 0.907. The summed E-state index contributed by atoms with van der Waals surface area (Å²) < 4.78 is 23.4. The number of rotatable bonds is 4. The van der Waals surface area contributed by atoms with Crippen molar-refractivity contribution in [3.8, 4) is 11.3 Å². The number of piperazine rings is 1. The average molecular weight is 432 g/mol. The number of amides is 1. The number of nitrogens with one attached hydrogen (secondary N) is 1. The fraction of sp³-hybridized carbons (Fsp3) is 0.261. The Morgan fingerprint density at radius 3 is 2.69 bits per heavy atom. The first-order chi connectivity index (χ1) is 16.8. The first-order valence-electron chi connectivity index (χ1n) is 11.8. The predicted molar refractivity (Wildman–Crippen MR) is 124 cm³/mol. The van der Waals surface area contributed by atoms with Crippen LogP contribution in [0.3, 0.4) is 0 Å². The number of hydrogen-bond acceptors (Lipinski definition) is 7. The molecule has 1 fully saturated rings. The van der Waals surface area contributed by atoms with Crippen LogP contribution in [0.2, 0.25) is 0 Å². The lowest BCUT2D eigenvalue weighted by Crippen LogP contribution is -2.44. The van der Waals surface area contributed by atoms with E-state index in [-0.39, 0.29) is 5.91 Å². The minimum absolute atomic E-state index is 0.275. The van der Waals surface area contributed by atoms with Crippen molar-refractivity contribution in [2.45, 2.75) is 0 Å². The summed E-state index contributed by atoms with van der Waals surface area (Å²) in [6, 6.07) is 7.05. The van der Waals surface area contributed by atoms with Crippen LogP contribution < -0.4 is 10.2 Å². The van der Waals surface area contributed by atoms with Gasteiger partial charge in [-0.1, -0.05) is 0 Å². The van der Waals surface area contributed by atoms with Gasteiger partial charge in [0.25, 0.3) is 5.91 Å². The standard InChI is InChI=1S/C23H24N8O/c1-29-5-7-31(8-6-29)22-11-16(3-4-24-22)23(32)28-21-10-17-9-20(19-14-27-30(2)15-19)25-12-18(17)13-26-21/h3-4,9-15H,5-8H2,1-2H3,(H,26,28,32)/i2D3. The van der Waals surface area contributed by atoms with Crippen molar-refractivity contribution >= 4 is 28.3 Å². The van der Waals surface area contributed by atoms with Crippen LogP contribution in [0, 0.1) is 0 Å². The molecule has 0 atom stereocenters. The third-order valence-electron chi connectivity index (χ3n) is 5.56. The van der Waals surface area contributed by atoms with Crippen molar-refractivity contribution in [1.29, 1.82) is 0 Å². The number of fused-ring (bicyclic) bond motifs is 1. The zero-order chi connectivity index (χ0) is 24.6. The zero-order valence-corrected chi connectivity index (χ0v) is 17.6. The summed E-state index contributed by atoms with van der Waals surface area (Å²) in [5.41, 5.74) is 1.66. The highest BCUT2D eigenvalue weighted by molar-refractivity contribution is 6.05. The summed E-state index contributed by atoms with van der Waals surface area (Å²) in [7, 11) is 2.09. The summed E-state index contributed by atoms with van der Waals surface area (Å²) in [4.78, 5) is 30.5. The van der Waals surface area contributed by atoms with E-state index in [1.807, 2.05) is 6.07 Å². The second kappa shape index (κ2) is 8.35. The zero-order valence-electron chi connectivity index (χ0n) is 20.6. The molecule has 1 saturated heterocycles. The van der Waals surface area contributed by atoms with Crippen molar-refractivity contribution in [3.63, 3.8) is 0 Å². The highest BCUT2D eigenvalue weighted by Crippen LogP contribution is 2.23. The molecular weight excluding hydrogens is 404 g/mol. The SMILES string of the molecule is [2H]C([2H])([2H])n1cc(-c2cc3cc(NC(=O)c4ccnc(N5CCN(C)CC5)c4)ncc3cn2)cn1. The smallest absolute Gasteiger partial charge is 0.257 e. The summed E-state index contributed by atoms with van der Waals surface area (Å²) in [6.07, 6.45) is 7.84. The number of carbonyl (C=O) groups excluding carboxylic acids is 1. The van der Waals surface area contributed by atoms with Gasteiger partial charge in [-0.2, -0.15) is 5.10 Å². The van der Waals surface area contributed by atoms with E-state index in [1.165, 1.54) is 12.4 Å². The lowest BCUT2D eigenvalue weighted by molar-refractivity contribution is 0.102. The maximum absolute atomic E-state index is 12.9. The van der Waals surface area contributed by atoms with Crippen molar-refractivity contribution in [3.05, 3.63) is 60.8 Å². The first-order valence-corrected chi connectivity index (χ1v) is 10.3. The number of aryl methyl sites for hydroxylation is 1. The van der Waals surface area contributed by atoms with Gasteiger partial charge in [0, 0.05) is 78.6 Å². The van der Waals surface area contributed by atoms with Crippen LogP contribution in [-0.2, 0) is 6.98 Å². The van der Waals surface area contributed by atoms with Crippen LogP contribution >= 0.6 is 0 Å². The van der Waals surface area contributed by atoms with E-state index >= 15 is 0 Å². The largest absolute Gasteiger partial charge is 0.354 e. The maximum atomic E-state index is 12.9. The number of hydrogen-bond donors (Lipinski definition) is 1. The van der Waals surface area contributed by atoms with Crippen LogP contribution in [0.5, 0.6) is 0 Å². The monoisotopic (exact) mass is 431 g/mol. The molecule has 0 bridgehead atoms. The Balaban J connectivity index is 1.35. The molecule has 0 radical (unpaired) electrons. The third kappa shape index (κ3) is 4.15. The Morgan fingerprint density at radius 1 is 1.03 bits per heavy atom. The minimum Gasteiger partial charge on any atom is -0.354 e. The molecule has 162 valence electrons. The fourth-order valence-corrected chi connectivity index (χ4v) is 3.68. The van der Waals surface area contributed by atoms with Gasteiger partial charge in [-0.3, -0.25) is 14.5 Å².